The number of aryl methyl sites for hydroxylation is 1. The number of carbonyl (C=O) groups is 2. The lowest BCUT2D eigenvalue weighted by Crippen LogP contribution is -2.46. The van der Waals surface area contributed by atoms with Gasteiger partial charge in [0.25, 0.3) is 0 Å². The maximum Gasteiger partial charge on any atom is 0.243 e. The van der Waals surface area contributed by atoms with Crippen LogP contribution in [0.3, 0.4) is 0 Å². The minimum absolute atomic E-state index is 0.00756. The standard InChI is InChI=1S/C24H29N3O3/c1-24(2,3)19-11-17-6-8-21(28)27(23(17)25-13-19)15-22(29)26-10-9-16-5-7-20(30-4)12-18(16)14-26/h5,7,11-13H,6,8-10,14-15H2,1-4H3. The average molecular weight is 408 g/mol. The van der Waals surface area contributed by atoms with Crippen molar-refractivity contribution in [2.24, 2.45) is 0 Å². The van der Waals surface area contributed by atoms with Gasteiger partial charge in [-0.15, -0.1) is 0 Å². The largest absolute Gasteiger partial charge is 0.497 e. The molecule has 1 aromatic carbocycles. The molecule has 0 aliphatic carbocycles. The Morgan fingerprint density at radius 3 is 2.63 bits per heavy atom. The fourth-order valence-corrected chi connectivity index (χ4v) is 4.11. The van der Waals surface area contributed by atoms with E-state index in [9.17, 15) is 9.59 Å². The lowest BCUT2D eigenvalue weighted by molar-refractivity contribution is -0.132. The first kappa shape index (κ1) is 20.4. The summed E-state index contributed by atoms with van der Waals surface area (Å²) in [5, 5.41) is 0. The molecule has 3 heterocycles. The molecule has 0 fully saturated rings. The zero-order valence-corrected chi connectivity index (χ0v) is 18.2. The highest BCUT2D eigenvalue weighted by molar-refractivity contribution is 6.00. The molecule has 0 saturated heterocycles. The molecule has 0 radical (unpaired) electrons. The molecule has 0 unspecified atom stereocenters. The van der Waals surface area contributed by atoms with Gasteiger partial charge in [-0.25, -0.2) is 4.98 Å². The highest BCUT2D eigenvalue weighted by atomic mass is 16.5. The number of fused-ring (bicyclic) bond motifs is 2. The first-order valence-electron chi connectivity index (χ1n) is 10.5. The van der Waals surface area contributed by atoms with Crippen LogP contribution in [0.5, 0.6) is 5.75 Å². The Balaban J connectivity index is 1.53. The molecule has 0 N–H and O–H groups in total. The molecule has 30 heavy (non-hydrogen) atoms. The van der Waals surface area contributed by atoms with Gasteiger partial charge in [-0.1, -0.05) is 32.9 Å². The number of aromatic nitrogens is 1. The molecule has 2 aliphatic rings. The van der Waals surface area contributed by atoms with Crippen LogP contribution in [-0.4, -0.2) is 41.9 Å². The number of methoxy groups -OCH3 is 1. The zero-order chi connectivity index (χ0) is 21.5. The molecule has 2 amide bonds. The highest BCUT2D eigenvalue weighted by Gasteiger charge is 2.31. The van der Waals surface area contributed by atoms with E-state index in [0.29, 0.717) is 31.7 Å². The van der Waals surface area contributed by atoms with Crippen LogP contribution < -0.4 is 9.64 Å². The van der Waals surface area contributed by atoms with Crippen LogP contribution in [0.1, 0.15) is 49.4 Å². The highest BCUT2D eigenvalue weighted by Crippen LogP contribution is 2.31. The number of carbonyl (C=O) groups excluding carboxylic acids is 2. The van der Waals surface area contributed by atoms with Crippen LogP contribution in [-0.2, 0) is 34.4 Å². The van der Waals surface area contributed by atoms with Crippen molar-refractivity contribution in [3.63, 3.8) is 0 Å². The van der Waals surface area contributed by atoms with E-state index in [1.807, 2.05) is 23.2 Å². The summed E-state index contributed by atoms with van der Waals surface area (Å²) < 4.78 is 5.32. The number of benzene rings is 1. The number of nitrogens with zero attached hydrogens (tertiary/aromatic N) is 3. The minimum Gasteiger partial charge on any atom is -0.497 e. The summed E-state index contributed by atoms with van der Waals surface area (Å²) in [4.78, 5) is 33.7. The molecule has 0 saturated carbocycles. The second-order valence-electron chi connectivity index (χ2n) is 9.14. The van der Waals surface area contributed by atoms with Gasteiger partial charge >= 0.3 is 0 Å². The Labute approximate surface area is 177 Å². The summed E-state index contributed by atoms with van der Waals surface area (Å²) in [5.41, 5.74) is 4.53. The molecular formula is C24H29N3O3. The van der Waals surface area contributed by atoms with Crippen LogP contribution in [0.15, 0.2) is 30.5 Å². The lowest BCUT2D eigenvalue weighted by Gasteiger charge is -2.33. The van der Waals surface area contributed by atoms with E-state index >= 15 is 0 Å². The summed E-state index contributed by atoms with van der Waals surface area (Å²) in [6.45, 7) is 7.67. The second kappa shape index (κ2) is 7.74. The molecule has 6 heteroatoms. The van der Waals surface area contributed by atoms with Gasteiger partial charge in [-0.3, -0.25) is 14.5 Å². The molecule has 6 nitrogen and oxygen atoms in total. The number of anilines is 1. The molecule has 2 aromatic rings. The van der Waals surface area contributed by atoms with E-state index in [2.05, 4.69) is 37.9 Å². The number of rotatable bonds is 3. The van der Waals surface area contributed by atoms with E-state index in [1.54, 1.807) is 12.0 Å². The van der Waals surface area contributed by atoms with Crippen molar-refractivity contribution in [1.29, 1.82) is 0 Å². The predicted octanol–water partition coefficient (Wildman–Crippen LogP) is 3.25. The van der Waals surface area contributed by atoms with Gasteiger partial charge in [0, 0.05) is 25.7 Å². The molecule has 0 spiro atoms. The average Bonchev–Trinajstić information content (AvgIpc) is 2.73. The van der Waals surface area contributed by atoms with Crippen molar-refractivity contribution in [3.05, 3.63) is 52.7 Å². The van der Waals surface area contributed by atoms with Gasteiger partial charge < -0.3 is 9.64 Å². The smallest absolute Gasteiger partial charge is 0.243 e. The minimum atomic E-state index is -0.0497. The zero-order valence-electron chi connectivity index (χ0n) is 18.2. The molecule has 1 aromatic heterocycles. The topological polar surface area (TPSA) is 62.7 Å². The molecule has 0 atom stereocenters. The van der Waals surface area contributed by atoms with Gasteiger partial charge in [0.05, 0.1) is 7.11 Å². The lowest BCUT2D eigenvalue weighted by atomic mass is 9.86. The van der Waals surface area contributed by atoms with Gasteiger partial charge in [0.2, 0.25) is 11.8 Å². The van der Waals surface area contributed by atoms with Gasteiger partial charge in [0.1, 0.15) is 18.1 Å². The van der Waals surface area contributed by atoms with Gasteiger partial charge in [-0.05, 0) is 52.6 Å². The first-order chi connectivity index (χ1) is 14.3. The van der Waals surface area contributed by atoms with Crippen molar-refractivity contribution in [1.82, 2.24) is 9.88 Å². The molecule has 4 rings (SSSR count). The summed E-state index contributed by atoms with van der Waals surface area (Å²) in [5.74, 6) is 1.34. The summed E-state index contributed by atoms with van der Waals surface area (Å²) in [6.07, 6.45) is 3.73. The summed E-state index contributed by atoms with van der Waals surface area (Å²) in [7, 11) is 1.64. The summed E-state index contributed by atoms with van der Waals surface area (Å²) >= 11 is 0. The Bertz CT molecular complexity index is 994. The van der Waals surface area contributed by atoms with Crippen LogP contribution in [0, 0.1) is 0 Å². The predicted molar refractivity (Wildman–Crippen MR) is 116 cm³/mol. The maximum atomic E-state index is 13.1. The second-order valence-corrected chi connectivity index (χ2v) is 9.14. The fraction of sp³-hybridized carbons (Fsp3) is 0.458. The molecular weight excluding hydrogens is 378 g/mol. The monoisotopic (exact) mass is 407 g/mol. The van der Waals surface area contributed by atoms with Crippen molar-refractivity contribution in [2.45, 2.75) is 52.0 Å². The fourth-order valence-electron chi connectivity index (χ4n) is 4.11. The number of hydrogen-bond donors (Lipinski definition) is 0. The van der Waals surface area contributed by atoms with Crippen molar-refractivity contribution < 1.29 is 14.3 Å². The van der Waals surface area contributed by atoms with E-state index in [1.165, 1.54) is 5.56 Å². The summed E-state index contributed by atoms with van der Waals surface area (Å²) in [6, 6.07) is 8.15. The van der Waals surface area contributed by atoms with E-state index < -0.39 is 0 Å². The van der Waals surface area contributed by atoms with Gasteiger partial charge in [-0.2, -0.15) is 0 Å². The quantitative estimate of drug-likeness (QED) is 0.784. The first-order valence-corrected chi connectivity index (χ1v) is 10.5. The van der Waals surface area contributed by atoms with Crippen LogP contribution in [0.2, 0.25) is 0 Å². The van der Waals surface area contributed by atoms with Crippen LogP contribution in [0.25, 0.3) is 0 Å². The van der Waals surface area contributed by atoms with E-state index in [-0.39, 0.29) is 23.8 Å². The third kappa shape index (κ3) is 3.91. The molecule has 2 aliphatic heterocycles. The normalized spacial score (nSPS) is 16.2. The Morgan fingerprint density at radius 2 is 1.90 bits per heavy atom. The van der Waals surface area contributed by atoms with Crippen molar-refractivity contribution in [2.75, 3.05) is 25.1 Å². The van der Waals surface area contributed by atoms with E-state index in [0.717, 1.165) is 28.9 Å². The van der Waals surface area contributed by atoms with Crippen molar-refractivity contribution in [3.8, 4) is 5.75 Å². The number of ether oxygens (including phenoxy) is 1. The SMILES string of the molecule is COc1ccc2c(c1)CN(C(=O)CN1C(=O)CCc3cc(C(C)(C)C)cnc31)CC2. The Kier molecular flexibility index (Phi) is 5.26. The third-order valence-electron chi connectivity index (χ3n) is 6.05. The Morgan fingerprint density at radius 1 is 1.10 bits per heavy atom. The molecule has 0 bridgehead atoms. The maximum absolute atomic E-state index is 13.1. The van der Waals surface area contributed by atoms with Crippen molar-refractivity contribution >= 4 is 17.6 Å². The number of hydrogen-bond acceptors (Lipinski definition) is 4. The van der Waals surface area contributed by atoms with Gasteiger partial charge in [0.15, 0.2) is 0 Å². The Hall–Kier alpha value is -2.89. The third-order valence-corrected chi connectivity index (χ3v) is 6.05. The molecule has 158 valence electrons. The van der Waals surface area contributed by atoms with Crippen LogP contribution in [0.4, 0.5) is 5.82 Å². The number of amides is 2. The van der Waals surface area contributed by atoms with E-state index in [4.69, 9.17) is 4.74 Å². The van der Waals surface area contributed by atoms with Crippen LogP contribution >= 0.6 is 0 Å². The number of pyridine rings is 1.